The third-order valence-corrected chi connectivity index (χ3v) is 1.76. The van der Waals surface area contributed by atoms with Crippen LogP contribution in [0.25, 0.3) is 0 Å². The number of carbonyl (C=O) groups excluding carboxylic acids is 1. The molecule has 11 heavy (non-hydrogen) atoms. The smallest absolute Gasteiger partial charge is 0.253 e. The Morgan fingerprint density at radius 1 is 1.55 bits per heavy atom. The van der Waals surface area contributed by atoms with Crippen LogP contribution in [0.2, 0.25) is 0 Å². The molecule has 0 aliphatic rings. The Kier molecular flexibility index (Phi) is 2.52. The Hall–Kier alpha value is -0.540. The number of thiol groups is 1. The van der Waals surface area contributed by atoms with Crippen molar-refractivity contribution in [3.8, 4) is 0 Å². The van der Waals surface area contributed by atoms with Crippen molar-refractivity contribution >= 4 is 29.5 Å². The van der Waals surface area contributed by atoms with Crippen LogP contribution in [0, 0.1) is 5.82 Å². The first-order chi connectivity index (χ1) is 5.11. The maximum Gasteiger partial charge on any atom is 0.253 e. The van der Waals surface area contributed by atoms with Crippen molar-refractivity contribution in [3.63, 3.8) is 0 Å². The van der Waals surface area contributed by atoms with Gasteiger partial charge in [-0.05, 0) is 29.8 Å². The third kappa shape index (κ3) is 1.94. The Labute approximate surface area is 73.6 Å². The molecule has 0 spiro atoms. The summed E-state index contributed by atoms with van der Waals surface area (Å²) < 4.78 is 12.5. The molecule has 58 valence electrons. The summed E-state index contributed by atoms with van der Waals surface area (Å²) >= 11 is 9.04. The van der Waals surface area contributed by atoms with Gasteiger partial charge in [-0.15, -0.1) is 12.6 Å². The van der Waals surface area contributed by atoms with Gasteiger partial charge in [0.05, 0.1) is 5.56 Å². The molecule has 0 amide bonds. The molecule has 1 rings (SSSR count). The minimum absolute atomic E-state index is 0.0926. The first-order valence-corrected chi connectivity index (χ1v) is 3.62. The summed E-state index contributed by atoms with van der Waals surface area (Å²) in [6.45, 7) is 0. The fourth-order valence-electron chi connectivity index (χ4n) is 0.666. The molecule has 1 aromatic rings. The Bertz CT molecular complexity index is 300. The standard InChI is InChI=1S/C7H4ClFOS/c8-7(10)5-3-4(9)1-2-6(5)11/h1-3,11H. The molecule has 0 saturated heterocycles. The highest BCUT2D eigenvalue weighted by atomic mass is 35.5. The Morgan fingerprint density at radius 2 is 2.18 bits per heavy atom. The van der Waals surface area contributed by atoms with Crippen molar-refractivity contribution in [1.82, 2.24) is 0 Å². The van der Waals surface area contributed by atoms with Crippen LogP contribution in [0.1, 0.15) is 10.4 Å². The Morgan fingerprint density at radius 3 is 2.64 bits per heavy atom. The van der Waals surface area contributed by atoms with E-state index in [4.69, 9.17) is 11.6 Å². The van der Waals surface area contributed by atoms with E-state index in [1.165, 1.54) is 12.1 Å². The van der Waals surface area contributed by atoms with Gasteiger partial charge in [0, 0.05) is 4.90 Å². The van der Waals surface area contributed by atoms with Crippen LogP contribution in [-0.4, -0.2) is 5.24 Å². The first kappa shape index (κ1) is 8.56. The van der Waals surface area contributed by atoms with E-state index in [-0.39, 0.29) is 5.56 Å². The lowest BCUT2D eigenvalue weighted by Gasteiger charge is -1.97. The summed E-state index contributed by atoms with van der Waals surface area (Å²) in [6, 6.07) is 3.65. The van der Waals surface area contributed by atoms with Gasteiger partial charge >= 0.3 is 0 Å². The van der Waals surface area contributed by atoms with Crippen LogP contribution in [0.5, 0.6) is 0 Å². The zero-order valence-electron chi connectivity index (χ0n) is 5.34. The minimum atomic E-state index is -0.700. The average molecular weight is 191 g/mol. The fourth-order valence-corrected chi connectivity index (χ4v) is 1.13. The largest absolute Gasteiger partial charge is 0.276 e. The molecule has 0 N–H and O–H groups in total. The molecule has 4 heteroatoms. The number of carbonyl (C=O) groups is 1. The molecule has 0 aromatic heterocycles. The number of benzene rings is 1. The van der Waals surface area contributed by atoms with E-state index in [1.54, 1.807) is 0 Å². The highest BCUT2D eigenvalue weighted by molar-refractivity contribution is 7.80. The van der Waals surface area contributed by atoms with Gasteiger partial charge < -0.3 is 0 Å². The second-order valence-corrected chi connectivity index (χ2v) is 2.76. The first-order valence-electron chi connectivity index (χ1n) is 2.79. The van der Waals surface area contributed by atoms with E-state index >= 15 is 0 Å². The lowest BCUT2D eigenvalue weighted by molar-refractivity contribution is 0.107. The van der Waals surface area contributed by atoms with Crippen molar-refractivity contribution in [2.75, 3.05) is 0 Å². The topological polar surface area (TPSA) is 17.1 Å². The van der Waals surface area contributed by atoms with Crippen molar-refractivity contribution < 1.29 is 9.18 Å². The summed E-state index contributed by atoms with van der Waals surface area (Å²) in [4.78, 5) is 10.9. The second-order valence-electron chi connectivity index (χ2n) is 1.94. The summed E-state index contributed by atoms with van der Waals surface area (Å²) in [5, 5.41) is -0.700. The summed E-state index contributed by atoms with van der Waals surface area (Å²) in [5.74, 6) is -0.494. The molecule has 0 heterocycles. The predicted molar refractivity (Wildman–Crippen MR) is 43.8 cm³/mol. The average Bonchev–Trinajstić information content (AvgIpc) is 1.94. The lowest BCUT2D eigenvalue weighted by Crippen LogP contribution is -1.91. The summed E-state index contributed by atoms with van der Waals surface area (Å²) in [7, 11) is 0. The number of halogens is 2. The van der Waals surface area contributed by atoms with Gasteiger partial charge in [-0.1, -0.05) is 0 Å². The van der Waals surface area contributed by atoms with Crippen LogP contribution >= 0.6 is 24.2 Å². The van der Waals surface area contributed by atoms with Gasteiger partial charge in [-0.2, -0.15) is 0 Å². The summed E-state index contributed by atoms with van der Waals surface area (Å²) in [5.41, 5.74) is 0.0926. The predicted octanol–water partition coefficient (Wildman–Crippen LogP) is 2.49. The highest BCUT2D eigenvalue weighted by Crippen LogP contribution is 2.16. The van der Waals surface area contributed by atoms with E-state index in [9.17, 15) is 9.18 Å². The highest BCUT2D eigenvalue weighted by Gasteiger charge is 2.06. The van der Waals surface area contributed by atoms with Crippen LogP contribution < -0.4 is 0 Å². The molecule has 1 aromatic carbocycles. The molecule has 0 aliphatic carbocycles. The van der Waals surface area contributed by atoms with Crippen LogP contribution in [0.3, 0.4) is 0 Å². The molecular weight excluding hydrogens is 187 g/mol. The molecule has 0 bridgehead atoms. The quantitative estimate of drug-likeness (QED) is 0.532. The van der Waals surface area contributed by atoms with Gasteiger partial charge in [0.15, 0.2) is 0 Å². The molecule has 1 nitrogen and oxygen atoms in total. The van der Waals surface area contributed by atoms with Gasteiger partial charge in [-0.25, -0.2) is 4.39 Å². The van der Waals surface area contributed by atoms with E-state index in [2.05, 4.69) is 12.6 Å². The number of rotatable bonds is 1. The second kappa shape index (κ2) is 3.24. The maximum absolute atomic E-state index is 12.5. The molecule has 0 aliphatic heterocycles. The third-order valence-electron chi connectivity index (χ3n) is 1.17. The fraction of sp³-hybridized carbons (Fsp3) is 0. The zero-order chi connectivity index (χ0) is 8.43. The monoisotopic (exact) mass is 190 g/mol. The SMILES string of the molecule is O=C(Cl)c1cc(F)ccc1S. The molecule has 0 atom stereocenters. The number of hydrogen-bond acceptors (Lipinski definition) is 2. The van der Waals surface area contributed by atoms with Crippen LogP contribution in [0.4, 0.5) is 4.39 Å². The molecular formula is C7H4ClFOS. The van der Waals surface area contributed by atoms with Gasteiger partial charge in [0.2, 0.25) is 0 Å². The van der Waals surface area contributed by atoms with Crippen LogP contribution in [-0.2, 0) is 0 Å². The van der Waals surface area contributed by atoms with Crippen molar-refractivity contribution in [1.29, 1.82) is 0 Å². The summed E-state index contributed by atoms with van der Waals surface area (Å²) in [6.07, 6.45) is 0. The molecule has 0 saturated carbocycles. The number of hydrogen-bond donors (Lipinski definition) is 1. The lowest BCUT2D eigenvalue weighted by atomic mass is 10.2. The van der Waals surface area contributed by atoms with E-state index in [0.29, 0.717) is 4.90 Å². The normalized spacial score (nSPS) is 9.73. The van der Waals surface area contributed by atoms with E-state index < -0.39 is 11.1 Å². The van der Waals surface area contributed by atoms with E-state index in [0.717, 1.165) is 6.07 Å². The van der Waals surface area contributed by atoms with Crippen LogP contribution in [0.15, 0.2) is 23.1 Å². The van der Waals surface area contributed by atoms with Crippen molar-refractivity contribution in [2.45, 2.75) is 4.90 Å². The Balaban J connectivity index is 3.23. The van der Waals surface area contributed by atoms with Gasteiger partial charge in [0.25, 0.3) is 5.24 Å². The van der Waals surface area contributed by atoms with Crippen molar-refractivity contribution in [2.24, 2.45) is 0 Å². The maximum atomic E-state index is 12.5. The zero-order valence-corrected chi connectivity index (χ0v) is 6.99. The van der Waals surface area contributed by atoms with Crippen molar-refractivity contribution in [3.05, 3.63) is 29.6 Å². The van der Waals surface area contributed by atoms with Gasteiger partial charge in [0.1, 0.15) is 5.82 Å². The van der Waals surface area contributed by atoms with E-state index in [1.807, 2.05) is 0 Å². The molecule has 0 fully saturated rings. The molecule has 0 radical (unpaired) electrons. The minimum Gasteiger partial charge on any atom is -0.276 e. The molecule has 0 unspecified atom stereocenters. The van der Waals surface area contributed by atoms with Gasteiger partial charge in [-0.3, -0.25) is 4.79 Å².